The lowest BCUT2D eigenvalue weighted by molar-refractivity contribution is -0.146. The SMILES string of the molecule is COCC1CCCCN1C(=O)CC1(c2ccccc2C)CC(=O)N(C2CCCC2)C1=O. The molecule has 4 rings (SSSR count). The van der Waals surface area contributed by atoms with Crippen molar-refractivity contribution in [1.82, 2.24) is 9.80 Å². The number of hydrogen-bond donors (Lipinski definition) is 0. The van der Waals surface area contributed by atoms with Crippen molar-refractivity contribution in [2.45, 2.75) is 82.2 Å². The van der Waals surface area contributed by atoms with Crippen LogP contribution in [0.15, 0.2) is 24.3 Å². The topological polar surface area (TPSA) is 66.9 Å². The van der Waals surface area contributed by atoms with Gasteiger partial charge in [0.15, 0.2) is 0 Å². The Balaban J connectivity index is 1.69. The quantitative estimate of drug-likeness (QED) is 0.655. The van der Waals surface area contributed by atoms with Crippen LogP contribution >= 0.6 is 0 Å². The molecular formula is C25H34N2O4. The number of carbonyl (C=O) groups is 3. The first-order valence-corrected chi connectivity index (χ1v) is 11.7. The molecule has 2 saturated heterocycles. The van der Waals surface area contributed by atoms with Gasteiger partial charge in [0.05, 0.1) is 18.1 Å². The van der Waals surface area contributed by atoms with Gasteiger partial charge in [0.25, 0.3) is 0 Å². The predicted octanol–water partition coefficient (Wildman–Crippen LogP) is 3.35. The van der Waals surface area contributed by atoms with E-state index in [0.717, 1.165) is 56.1 Å². The number of imide groups is 1. The molecule has 1 aromatic rings. The number of piperidine rings is 1. The fraction of sp³-hybridized carbons (Fsp3) is 0.640. The van der Waals surface area contributed by atoms with E-state index in [0.29, 0.717) is 13.2 Å². The molecule has 6 heteroatoms. The summed E-state index contributed by atoms with van der Waals surface area (Å²) < 4.78 is 5.36. The summed E-state index contributed by atoms with van der Waals surface area (Å²) in [5.74, 6) is -0.341. The van der Waals surface area contributed by atoms with Crippen LogP contribution in [0.2, 0.25) is 0 Å². The van der Waals surface area contributed by atoms with E-state index in [2.05, 4.69) is 0 Å². The fourth-order valence-electron chi connectivity index (χ4n) is 5.90. The molecule has 6 nitrogen and oxygen atoms in total. The first-order chi connectivity index (χ1) is 15.0. The van der Waals surface area contributed by atoms with Gasteiger partial charge in [-0.1, -0.05) is 37.1 Å². The van der Waals surface area contributed by atoms with Crippen molar-refractivity contribution in [2.24, 2.45) is 0 Å². The molecule has 0 radical (unpaired) electrons. The van der Waals surface area contributed by atoms with E-state index in [4.69, 9.17) is 4.74 Å². The molecule has 3 aliphatic rings. The molecule has 2 aliphatic heterocycles. The average molecular weight is 427 g/mol. The third kappa shape index (κ3) is 4.02. The summed E-state index contributed by atoms with van der Waals surface area (Å²) in [6.07, 6.45) is 6.92. The number of nitrogens with zero attached hydrogens (tertiary/aromatic N) is 2. The number of carbonyl (C=O) groups excluding carboxylic acids is 3. The minimum atomic E-state index is -1.10. The summed E-state index contributed by atoms with van der Waals surface area (Å²) in [5, 5.41) is 0. The van der Waals surface area contributed by atoms with Gasteiger partial charge >= 0.3 is 0 Å². The number of methoxy groups -OCH3 is 1. The molecule has 0 spiro atoms. The highest BCUT2D eigenvalue weighted by atomic mass is 16.5. The third-order valence-electron chi connectivity index (χ3n) is 7.46. The smallest absolute Gasteiger partial charge is 0.241 e. The molecule has 3 fully saturated rings. The zero-order valence-corrected chi connectivity index (χ0v) is 18.8. The second-order valence-corrected chi connectivity index (χ2v) is 9.45. The maximum Gasteiger partial charge on any atom is 0.241 e. The lowest BCUT2D eigenvalue weighted by Crippen LogP contribution is -2.50. The molecule has 2 unspecified atom stereocenters. The van der Waals surface area contributed by atoms with Gasteiger partial charge in [-0.15, -0.1) is 0 Å². The zero-order chi connectivity index (χ0) is 22.0. The highest BCUT2D eigenvalue weighted by Crippen LogP contribution is 2.44. The van der Waals surface area contributed by atoms with Gasteiger partial charge in [-0.05, 0) is 50.2 Å². The number of benzene rings is 1. The minimum Gasteiger partial charge on any atom is -0.383 e. The second kappa shape index (κ2) is 9.11. The van der Waals surface area contributed by atoms with Crippen LogP contribution in [0, 0.1) is 6.92 Å². The molecule has 1 saturated carbocycles. The number of aryl methyl sites for hydroxylation is 1. The van der Waals surface area contributed by atoms with Crippen LogP contribution in [0.5, 0.6) is 0 Å². The van der Waals surface area contributed by atoms with Gasteiger partial charge in [0.1, 0.15) is 0 Å². The van der Waals surface area contributed by atoms with E-state index in [9.17, 15) is 14.4 Å². The van der Waals surface area contributed by atoms with E-state index in [1.54, 1.807) is 7.11 Å². The largest absolute Gasteiger partial charge is 0.383 e. The van der Waals surface area contributed by atoms with E-state index < -0.39 is 5.41 Å². The summed E-state index contributed by atoms with van der Waals surface area (Å²) >= 11 is 0. The molecule has 0 aromatic heterocycles. The molecule has 31 heavy (non-hydrogen) atoms. The van der Waals surface area contributed by atoms with Crippen molar-refractivity contribution in [3.8, 4) is 0 Å². The van der Waals surface area contributed by atoms with Crippen LogP contribution < -0.4 is 0 Å². The van der Waals surface area contributed by atoms with Gasteiger partial charge < -0.3 is 9.64 Å². The van der Waals surface area contributed by atoms with Gasteiger partial charge in [-0.3, -0.25) is 19.3 Å². The number of amides is 3. The molecule has 0 bridgehead atoms. The summed E-state index contributed by atoms with van der Waals surface area (Å²) in [4.78, 5) is 44.1. The van der Waals surface area contributed by atoms with Crippen LogP contribution in [-0.4, -0.2) is 59.9 Å². The van der Waals surface area contributed by atoms with Crippen molar-refractivity contribution >= 4 is 17.7 Å². The van der Waals surface area contributed by atoms with Gasteiger partial charge in [0.2, 0.25) is 17.7 Å². The number of hydrogen-bond acceptors (Lipinski definition) is 4. The van der Waals surface area contributed by atoms with Crippen LogP contribution in [-0.2, 0) is 24.5 Å². The molecular weight excluding hydrogens is 392 g/mol. The Labute approximate surface area is 184 Å². The van der Waals surface area contributed by atoms with E-state index in [1.807, 2.05) is 36.1 Å². The lowest BCUT2D eigenvalue weighted by atomic mass is 9.73. The Morgan fingerprint density at radius 2 is 1.81 bits per heavy atom. The van der Waals surface area contributed by atoms with Crippen LogP contribution in [0.3, 0.4) is 0 Å². The van der Waals surface area contributed by atoms with Crippen molar-refractivity contribution in [1.29, 1.82) is 0 Å². The summed E-state index contributed by atoms with van der Waals surface area (Å²) in [6.45, 7) is 3.15. The molecule has 2 heterocycles. The van der Waals surface area contributed by atoms with Gasteiger partial charge in [-0.2, -0.15) is 0 Å². The molecule has 1 aliphatic carbocycles. The average Bonchev–Trinajstić information content (AvgIpc) is 3.36. The maximum absolute atomic E-state index is 13.9. The monoisotopic (exact) mass is 426 g/mol. The molecule has 1 aromatic carbocycles. The second-order valence-electron chi connectivity index (χ2n) is 9.45. The first-order valence-electron chi connectivity index (χ1n) is 11.7. The van der Waals surface area contributed by atoms with Gasteiger partial charge in [0, 0.05) is 32.5 Å². The highest BCUT2D eigenvalue weighted by molar-refractivity contribution is 6.11. The van der Waals surface area contributed by atoms with Crippen molar-refractivity contribution in [2.75, 3.05) is 20.3 Å². The first kappa shape index (κ1) is 22.0. The lowest BCUT2D eigenvalue weighted by Gasteiger charge is -2.38. The standard InChI is InChI=1S/C25H34N2O4/c1-18-9-3-6-13-21(18)25(15-22(28)26-14-8-7-12-20(26)17-31-2)16-23(29)27(24(25)30)19-10-4-5-11-19/h3,6,9,13,19-20H,4-5,7-8,10-12,14-17H2,1-2H3. The summed E-state index contributed by atoms with van der Waals surface area (Å²) in [5.41, 5.74) is 0.677. The van der Waals surface area contributed by atoms with E-state index in [1.165, 1.54) is 4.90 Å². The maximum atomic E-state index is 13.9. The third-order valence-corrected chi connectivity index (χ3v) is 7.46. The van der Waals surface area contributed by atoms with Crippen molar-refractivity contribution in [3.05, 3.63) is 35.4 Å². The van der Waals surface area contributed by atoms with E-state index >= 15 is 0 Å². The van der Waals surface area contributed by atoms with Crippen LogP contribution in [0.25, 0.3) is 0 Å². The molecule has 0 N–H and O–H groups in total. The van der Waals surface area contributed by atoms with Crippen LogP contribution in [0.4, 0.5) is 0 Å². The highest BCUT2D eigenvalue weighted by Gasteiger charge is 2.56. The molecule has 2 atom stereocenters. The fourth-order valence-corrected chi connectivity index (χ4v) is 5.90. The summed E-state index contributed by atoms with van der Waals surface area (Å²) in [6, 6.07) is 7.75. The van der Waals surface area contributed by atoms with Crippen LogP contribution in [0.1, 0.15) is 68.9 Å². The minimum absolute atomic E-state index is 0.0165. The Hall–Kier alpha value is -2.21. The number of ether oxygens (including phenoxy) is 1. The van der Waals surface area contributed by atoms with Gasteiger partial charge in [-0.25, -0.2) is 0 Å². The zero-order valence-electron chi connectivity index (χ0n) is 18.8. The summed E-state index contributed by atoms with van der Waals surface area (Å²) in [7, 11) is 1.66. The molecule has 168 valence electrons. The Morgan fingerprint density at radius 1 is 1.10 bits per heavy atom. The number of likely N-dealkylation sites (tertiary alicyclic amines) is 2. The van der Waals surface area contributed by atoms with Crippen molar-refractivity contribution < 1.29 is 19.1 Å². The normalized spacial score (nSPS) is 27.4. The van der Waals surface area contributed by atoms with E-state index in [-0.39, 0.29) is 42.6 Å². The Kier molecular flexibility index (Phi) is 6.47. The predicted molar refractivity (Wildman–Crippen MR) is 117 cm³/mol. The Morgan fingerprint density at radius 3 is 2.52 bits per heavy atom. The number of rotatable bonds is 6. The van der Waals surface area contributed by atoms with Crippen molar-refractivity contribution in [3.63, 3.8) is 0 Å². The molecule has 3 amide bonds. The Bertz CT molecular complexity index is 846.